The smallest absolute Gasteiger partial charge is 0.338 e. The highest BCUT2D eigenvalue weighted by molar-refractivity contribution is 7.39. The number of esters is 1. The van der Waals surface area contributed by atoms with Gasteiger partial charge in [-0.15, -0.1) is 22.2 Å². The van der Waals surface area contributed by atoms with Crippen molar-refractivity contribution in [3.05, 3.63) is 36.4 Å². The Hall–Kier alpha value is -0.773. The highest BCUT2D eigenvalue weighted by Gasteiger charge is 2.16. The minimum absolute atomic E-state index is 0.336. The summed E-state index contributed by atoms with van der Waals surface area (Å²) < 4.78 is 5.09. The first-order valence-electron chi connectivity index (χ1n) is 4.17. The first-order chi connectivity index (χ1) is 7.02. The van der Waals surface area contributed by atoms with E-state index in [1.165, 1.54) is 0 Å². The minimum atomic E-state index is -1.67. The third kappa shape index (κ3) is 3.37. The van der Waals surface area contributed by atoms with Crippen molar-refractivity contribution < 1.29 is 9.53 Å². The van der Waals surface area contributed by atoms with Crippen LogP contribution in [0.1, 0.15) is 6.92 Å². The van der Waals surface area contributed by atoms with Crippen LogP contribution in [0.15, 0.2) is 36.4 Å². The van der Waals surface area contributed by atoms with E-state index in [2.05, 4.69) is 6.58 Å². The van der Waals surface area contributed by atoms with Gasteiger partial charge in [-0.2, -0.15) is 0 Å². The van der Waals surface area contributed by atoms with Crippen molar-refractivity contribution >= 4 is 40.7 Å². The fourth-order valence-electron chi connectivity index (χ4n) is 0.899. The molecule has 0 aliphatic carbocycles. The standard InChI is InChI=1S/C10H9Cl2O2Si/c1-7(2)10(13)14-8-5-3-4-6-9(8)15(11)12/h3-6H,1H2,2H3. The number of rotatable bonds is 3. The van der Waals surface area contributed by atoms with Gasteiger partial charge in [-0.25, -0.2) is 4.79 Å². The Morgan fingerprint density at radius 3 is 2.53 bits per heavy atom. The van der Waals surface area contributed by atoms with E-state index in [-0.39, 0.29) is 0 Å². The van der Waals surface area contributed by atoms with Gasteiger partial charge in [0.15, 0.2) is 0 Å². The van der Waals surface area contributed by atoms with E-state index in [0.717, 1.165) is 0 Å². The van der Waals surface area contributed by atoms with Crippen molar-refractivity contribution in [3.8, 4) is 5.75 Å². The summed E-state index contributed by atoms with van der Waals surface area (Å²) in [5.41, 5.74) is 0.336. The Morgan fingerprint density at radius 2 is 2.00 bits per heavy atom. The quantitative estimate of drug-likeness (QED) is 0.274. The number of ether oxygens (including phenoxy) is 1. The first-order valence-corrected chi connectivity index (χ1v) is 7.69. The van der Waals surface area contributed by atoms with Gasteiger partial charge in [-0.1, -0.05) is 24.8 Å². The van der Waals surface area contributed by atoms with Gasteiger partial charge in [0, 0.05) is 10.8 Å². The topological polar surface area (TPSA) is 26.3 Å². The van der Waals surface area contributed by atoms with Crippen molar-refractivity contribution in [2.45, 2.75) is 6.92 Å². The minimum Gasteiger partial charge on any atom is -0.423 e. The van der Waals surface area contributed by atoms with Crippen LogP contribution in [0.4, 0.5) is 0 Å². The summed E-state index contributed by atoms with van der Waals surface area (Å²) in [5.74, 6) is -0.0663. The van der Waals surface area contributed by atoms with E-state index in [1.807, 2.05) is 0 Å². The van der Waals surface area contributed by atoms with Crippen LogP contribution in [0.25, 0.3) is 0 Å². The second-order valence-electron chi connectivity index (χ2n) is 2.93. The molecule has 1 aromatic carbocycles. The number of para-hydroxylation sites is 1. The molecule has 1 radical (unpaired) electrons. The average molecular weight is 260 g/mol. The Labute approximate surface area is 99.5 Å². The molecule has 15 heavy (non-hydrogen) atoms. The van der Waals surface area contributed by atoms with Crippen molar-refractivity contribution in [3.63, 3.8) is 0 Å². The molecule has 0 aliphatic rings. The zero-order valence-corrected chi connectivity index (χ0v) is 10.6. The molecule has 0 N–H and O–H groups in total. The van der Waals surface area contributed by atoms with Crippen LogP contribution in [0.2, 0.25) is 0 Å². The number of halogens is 2. The van der Waals surface area contributed by atoms with Crippen LogP contribution >= 0.6 is 22.2 Å². The molecular weight excluding hydrogens is 251 g/mol. The maximum Gasteiger partial charge on any atom is 0.338 e. The highest BCUT2D eigenvalue weighted by Crippen LogP contribution is 2.12. The first kappa shape index (κ1) is 12.3. The van der Waals surface area contributed by atoms with Gasteiger partial charge in [-0.3, -0.25) is 0 Å². The SMILES string of the molecule is C=C(C)C(=O)Oc1ccccc1[Si](Cl)Cl. The van der Waals surface area contributed by atoms with Crippen LogP contribution in [-0.4, -0.2) is 13.4 Å². The van der Waals surface area contributed by atoms with Crippen LogP contribution in [0.3, 0.4) is 0 Å². The second kappa shape index (κ2) is 5.35. The van der Waals surface area contributed by atoms with Gasteiger partial charge >= 0.3 is 13.4 Å². The Kier molecular flexibility index (Phi) is 4.39. The summed E-state index contributed by atoms with van der Waals surface area (Å²) in [6.45, 7) is 5.08. The Morgan fingerprint density at radius 1 is 1.40 bits per heavy atom. The van der Waals surface area contributed by atoms with E-state index >= 15 is 0 Å². The molecule has 0 fully saturated rings. The van der Waals surface area contributed by atoms with Gasteiger partial charge in [0.2, 0.25) is 0 Å². The van der Waals surface area contributed by atoms with Crippen LogP contribution in [-0.2, 0) is 4.79 Å². The Balaban J connectivity index is 2.94. The monoisotopic (exact) mass is 259 g/mol. The fourth-order valence-corrected chi connectivity index (χ4v) is 2.38. The molecule has 0 heterocycles. The molecular formula is C10H9Cl2O2Si. The molecule has 0 bridgehead atoms. The summed E-state index contributed by atoms with van der Waals surface area (Å²) in [5, 5.41) is 0.667. The molecule has 0 unspecified atom stereocenters. The van der Waals surface area contributed by atoms with E-state index in [4.69, 9.17) is 26.9 Å². The fraction of sp³-hybridized carbons (Fsp3) is 0.100. The normalized spacial score (nSPS) is 10.1. The summed E-state index contributed by atoms with van der Waals surface area (Å²) >= 11 is 11.6. The van der Waals surface area contributed by atoms with Crippen LogP contribution < -0.4 is 9.92 Å². The maximum absolute atomic E-state index is 11.3. The number of hydrogen-bond donors (Lipinski definition) is 0. The molecule has 2 nitrogen and oxygen atoms in total. The third-order valence-corrected chi connectivity index (χ3v) is 3.68. The summed E-state index contributed by atoms with van der Waals surface area (Å²) in [6.07, 6.45) is 0. The number of carbonyl (C=O) groups is 1. The second-order valence-corrected chi connectivity index (χ2v) is 6.83. The molecule has 0 atom stereocenters. The van der Waals surface area contributed by atoms with Gasteiger partial charge in [0.1, 0.15) is 5.75 Å². The zero-order chi connectivity index (χ0) is 11.4. The van der Waals surface area contributed by atoms with Crippen molar-refractivity contribution in [2.24, 2.45) is 0 Å². The summed E-state index contributed by atoms with van der Waals surface area (Å²) in [7, 11) is -1.67. The predicted molar refractivity (Wildman–Crippen MR) is 64.0 cm³/mol. The van der Waals surface area contributed by atoms with Gasteiger partial charge in [0.25, 0.3) is 0 Å². The molecule has 0 saturated heterocycles. The van der Waals surface area contributed by atoms with Gasteiger partial charge < -0.3 is 4.74 Å². The van der Waals surface area contributed by atoms with Crippen LogP contribution in [0.5, 0.6) is 5.75 Å². The van der Waals surface area contributed by atoms with Crippen LogP contribution in [0, 0.1) is 0 Å². The number of hydrogen-bond acceptors (Lipinski definition) is 2. The van der Waals surface area contributed by atoms with E-state index < -0.39 is 13.4 Å². The van der Waals surface area contributed by atoms with Gasteiger partial charge in [0.05, 0.1) is 0 Å². The molecule has 5 heteroatoms. The van der Waals surface area contributed by atoms with Gasteiger partial charge in [-0.05, 0) is 13.0 Å². The van der Waals surface area contributed by atoms with Crippen molar-refractivity contribution in [2.75, 3.05) is 0 Å². The van der Waals surface area contributed by atoms with E-state index in [0.29, 0.717) is 16.5 Å². The molecule has 0 aliphatic heterocycles. The molecule has 0 amide bonds. The lowest BCUT2D eigenvalue weighted by atomic mass is 10.3. The molecule has 0 saturated carbocycles. The lowest BCUT2D eigenvalue weighted by molar-refractivity contribution is -0.130. The lowest BCUT2D eigenvalue weighted by Gasteiger charge is -2.08. The van der Waals surface area contributed by atoms with Crippen molar-refractivity contribution in [1.29, 1.82) is 0 Å². The summed E-state index contributed by atoms with van der Waals surface area (Å²) in [4.78, 5) is 11.3. The zero-order valence-electron chi connectivity index (χ0n) is 8.09. The number of benzene rings is 1. The highest BCUT2D eigenvalue weighted by atomic mass is 35.7. The molecule has 79 valence electrons. The molecule has 1 rings (SSSR count). The molecule has 0 aromatic heterocycles. The van der Waals surface area contributed by atoms with E-state index in [9.17, 15) is 4.79 Å². The maximum atomic E-state index is 11.3. The third-order valence-electron chi connectivity index (χ3n) is 1.64. The van der Waals surface area contributed by atoms with E-state index in [1.54, 1.807) is 31.2 Å². The molecule has 1 aromatic rings. The largest absolute Gasteiger partial charge is 0.423 e. The molecule has 0 spiro atoms. The van der Waals surface area contributed by atoms with Crippen molar-refractivity contribution in [1.82, 2.24) is 0 Å². The Bertz CT molecular complexity index is 391. The lowest BCUT2D eigenvalue weighted by Crippen LogP contribution is -2.23. The average Bonchev–Trinajstić information content (AvgIpc) is 2.18. The summed E-state index contributed by atoms with van der Waals surface area (Å²) in [6, 6.07) is 6.95. The predicted octanol–water partition coefficient (Wildman–Crippen LogP) is 2.34. The number of carbonyl (C=O) groups excluding carboxylic acids is 1.